The van der Waals surface area contributed by atoms with Crippen LogP contribution in [0.3, 0.4) is 0 Å². The first-order valence-electron chi connectivity index (χ1n) is 7.70. The highest BCUT2D eigenvalue weighted by Gasteiger charge is 2.16. The summed E-state index contributed by atoms with van der Waals surface area (Å²) in [5, 5.41) is 0.885. The van der Waals surface area contributed by atoms with E-state index < -0.39 is 11.6 Å². The lowest BCUT2D eigenvalue weighted by Gasteiger charge is -2.19. The highest BCUT2D eigenvalue weighted by molar-refractivity contribution is 5.81. The van der Waals surface area contributed by atoms with Crippen LogP contribution < -0.4 is 10.4 Å². The molecule has 0 aliphatic heterocycles. The van der Waals surface area contributed by atoms with Gasteiger partial charge in [0.2, 0.25) is 0 Å². The van der Waals surface area contributed by atoms with E-state index in [-0.39, 0.29) is 12.2 Å². The van der Waals surface area contributed by atoms with Crippen LogP contribution in [-0.2, 0) is 16.0 Å². The highest BCUT2D eigenvalue weighted by Crippen LogP contribution is 2.23. The minimum absolute atomic E-state index is 0.193. The number of benzene rings is 1. The Morgan fingerprint density at radius 1 is 1.22 bits per heavy atom. The quantitative estimate of drug-likeness (QED) is 0.624. The van der Waals surface area contributed by atoms with E-state index in [1.54, 1.807) is 32.9 Å². The normalized spacial score (nSPS) is 11.5. The van der Waals surface area contributed by atoms with Crippen LogP contribution in [-0.4, -0.2) is 18.2 Å². The van der Waals surface area contributed by atoms with Crippen molar-refractivity contribution < 1.29 is 18.7 Å². The second-order valence-electron chi connectivity index (χ2n) is 6.37. The molecule has 0 N–H and O–H groups in total. The number of fused-ring (bicyclic) bond motifs is 1. The van der Waals surface area contributed by atoms with Crippen molar-refractivity contribution in [3.63, 3.8) is 0 Å². The summed E-state index contributed by atoms with van der Waals surface area (Å²) in [6.07, 6.45) is 1.75. The molecule has 0 saturated carbocycles. The minimum atomic E-state index is -0.550. The maximum atomic E-state index is 11.7. The Labute approximate surface area is 135 Å². The molecule has 0 aliphatic rings. The van der Waals surface area contributed by atoms with Gasteiger partial charge in [0.15, 0.2) is 6.61 Å². The maximum Gasteiger partial charge on any atom is 0.344 e. The average molecular weight is 318 g/mol. The molecule has 2 aromatic rings. The number of carbonyl (C=O) groups is 1. The number of ether oxygens (including phenoxy) is 2. The minimum Gasteiger partial charge on any atom is -0.482 e. The van der Waals surface area contributed by atoms with Gasteiger partial charge in [-0.3, -0.25) is 0 Å². The Balaban J connectivity index is 2.17. The van der Waals surface area contributed by atoms with E-state index in [2.05, 4.69) is 6.92 Å². The van der Waals surface area contributed by atoms with Crippen molar-refractivity contribution in [3.8, 4) is 5.75 Å². The summed E-state index contributed by atoms with van der Waals surface area (Å²) < 4.78 is 15.8. The Morgan fingerprint density at radius 3 is 2.61 bits per heavy atom. The Kier molecular flexibility index (Phi) is 5.08. The molecule has 23 heavy (non-hydrogen) atoms. The van der Waals surface area contributed by atoms with E-state index in [1.165, 1.54) is 6.07 Å². The molecule has 0 unspecified atom stereocenters. The van der Waals surface area contributed by atoms with Gasteiger partial charge in [-0.2, -0.15) is 0 Å². The molecule has 2 rings (SSSR count). The smallest absolute Gasteiger partial charge is 0.344 e. The summed E-state index contributed by atoms with van der Waals surface area (Å²) >= 11 is 0. The van der Waals surface area contributed by atoms with E-state index in [1.807, 2.05) is 6.07 Å². The van der Waals surface area contributed by atoms with Crippen LogP contribution in [0.2, 0.25) is 0 Å². The van der Waals surface area contributed by atoms with Gasteiger partial charge in [-0.15, -0.1) is 0 Å². The number of carbonyl (C=O) groups excluding carboxylic acids is 1. The molecule has 0 amide bonds. The molecule has 0 aliphatic carbocycles. The topological polar surface area (TPSA) is 65.7 Å². The summed E-state index contributed by atoms with van der Waals surface area (Å²) in [7, 11) is 0. The first kappa shape index (κ1) is 17.1. The predicted molar refractivity (Wildman–Crippen MR) is 87.8 cm³/mol. The first-order valence-corrected chi connectivity index (χ1v) is 7.70. The van der Waals surface area contributed by atoms with Crippen LogP contribution in [0.1, 0.15) is 39.7 Å². The van der Waals surface area contributed by atoms with Gasteiger partial charge in [-0.1, -0.05) is 13.3 Å². The van der Waals surface area contributed by atoms with Gasteiger partial charge in [0, 0.05) is 17.5 Å². The number of rotatable bonds is 5. The first-order chi connectivity index (χ1) is 10.8. The van der Waals surface area contributed by atoms with Crippen molar-refractivity contribution in [1.82, 2.24) is 0 Å². The molecule has 1 aromatic heterocycles. The second kappa shape index (κ2) is 6.86. The van der Waals surface area contributed by atoms with Crippen LogP contribution in [0.5, 0.6) is 5.75 Å². The van der Waals surface area contributed by atoms with Gasteiger partial charge in [-0.25, -0.2) is 9.59 Å². The number of hydrogen-bond donors (Lipinski definition) is 0. The number of hydrogen-bond acceptors (Lipinski definition) is 5. The van der Waals surface area contributed by atoms with Gasteiger partial charge < -0.3 is 13.9 Å². The van der Waals surface area contributed by atoms with Crippen molar-refractivity contribution in [2.45, 2.75) is 46.1 Å². The number of aryl methyl sites for hydroxylation is 1. The molecule has 1 heterocycles. The summed E-state index contributed by atoms with van der Waals surface area (Å²) in [6, 6.07) is 6.74. The molecule has 0 bridgehead atoms. The molecule has 1 aromatic carbocycles. The van der Waals surface area contributed by atoms with E-state index in [0.717, 1.165) is 23.8 Å². The standard InChI is InChI=1S/C18H22O5/c1-5-6-12-9-16(19)22-15-10-13(7-8-14(12)15)21-11-17(20)23-18(2,3)4/h7-10H,5-6,11H2,1-4H3. The van der Waals surface area contributed by atoms with E-state index in [9.17, 15) is 9.59 Å². The monoisotopic (exact) mass is 318 g/mol. The lowest BCUT2D eigenvalue weighted by atomic mass is 10.1. The second-order valence-corrected chi connectivity index (χ2v) is 6.37. The maximum absolute atomic E-state index is 11.7. The van der Waals surface area contributed by atoms with Crippen molar-refractivity contribution in [1.29, 1.82) is 0 Å². The summed E-state index contributed by atoms with van der Waals surface area (Å²) in [5.41, 5.74) is 0.483. The number of esters is 1. The fraction of sp³-hybridized carbons (Fsp3) is 0.444. The molecule has 0 radical (unpaired) electrons. The zero-order valence-electron chi connectivity index (χ0n) is 14.0. The van der Waals surface area contributed by atoms with Crippen molar-refractivity contribution in [2.75, 3.05) is 6.61 Å². The van der Waals surface area contributed by atoms with Crippen LogP contribution >= 0.6 is 0 Å². The molecule has 5 nitrogen and oxygen atoms in total. The molecule has 124 valence electrons. The van der Waals surface area contributed by atoms with Gasteiger partial charge in [0.05, 0.1) is 0 Å². The van der Waals surface area contributed by atoms with Gasteiger partial charge in [-0.05, 0) is 44.9 Å². The van der Waals surface area contributed by atoms with Gasteiger partial charge in [0.25, 0.3) is 0 Å². The predicted octanol–water partition coefficient (Wildman–Crippen LogP) is 3.47. The van der Waals surface area contributed by atoms with E-state index in [0.29, 0.717) is 11.3 Å². The lowest BCUT2D eigenvalue weighted by Crippen LogP contribution is -2.27. The lowest BCUT2D eigenvalue weighted by molar-refractivity contribution is -0.157. The Morgan fingerprint density at radius 2 is 1.96 bits per heavy atom. The van der Waals surface area contributed by atoms with Crippen LogP contribution in [0.15, 0.2) is 33.5 Å². The van der Waals surface area contributed by atoms with Gasteiger partial charge >= 0.3 is 11.6 Å². The van der Waals surface area contributed by atoms with Crippen molar-refractivity contribution in [3.05, 3.63) is 40.2 Å². The zero-order valence-corrected chi connectivity index (χ0v) is 14.0. The van der Waals surface area contributed by atoms with Crippen LogP contribution in [0.25, 0.3) is 11.0 Å². The Bertz CT molecular complexity index is 752. The largest absolute Gasteiger partial charge is 0.482 e. The third-order valence-electron chi connectivity index (χ3n) is 3.10. The molecule has 0 saturated heterocycles. The third-order valence-corrected chi connectivity index (χ3v) is 3.10. The van der Waals surface area contributed by atoms with Crippen LogP contribution in [0, 0.1) is 0 Å². The zero-order chi connectivity index (χ0) is 17.0. The third kappa shape index (κ3) is 4.84. The van der Waals surface area contributed by atoms with Gasteiger partial charge in [0.1, 0.15) is 16.9 Å². The summed E-state index contributed by atoms with van der Waals surface area (Å²) in [5.74, 6) is 0.0129. The molecule has 5 heteroatoms. The van der Waals surface area contributed by atoms with Crippen molar-refractivity contribution in [2.24, 2.45) is 0 Å². The van der Waals surface area contributed by atoms with Crippen LogP contribution in [0.4, 0.5) is 0 Å². The molecular formula is C18H22O5. The summed E-state index contributed by atoms with van der Waals surface area (Å²) in [6.45, 7) is 7.25. The SMILES string of the molecule is CCCc1cc(=O)oc2cc(OCC(=O)OC(C)(C)C)ccc12. The highest BCUT2D eigenvalue weighted by atomic mass is 16.6. The summed E-state index contributed by atoms with van der Waals surface area (Å²) in [4.78, 5) is 23.3. The average Bonchev–Trinajstić information content (AvgIpc) is 2.43. The van der Waals surface area contributed by atoms with E-state index >= 15 is 0 Å². The molecule has 0 fully saturated rings. The molecule has 0 spiro atoms. The Hall–Kier alpha value is -2.30. The molecule has 0 atom stereocenters. The fourth-order valence-corrected chi connectivity index (χ4v) is 2.29. The fourth-order valence-electron chi connectivity index (χ4n) is 2.29. The van der Waals surface area contributed by atoms with E-state index in [4.69, 9.17) is 13.9 Å². The van der Waals surface area contributed by atoms with Crippen molar-refractivity contribution >= 4 is 16.9 Å². The molecular weight excluding hydrogens is 296 g/mol.